The molecule has 0 spiro atoms. The number of hydrogen-bond acceptors (Lipinski definition) is 7. The number of urea groups is 1. The van der Waals surface area contributed by atoms with Crippen LogP contribution in [0.15, 0.2) is 35.3 Å². The fourth-order valence-corrected chi connectivity index (χ4v) is 4.50. The fourth-order valence-electron chi connectivity index (χ4n) is 3.19. The number of carbonyl (C=O) groups is 2. The van der Waals surface area contributed by atoms with Gasteiger partial charge in [-0.05, 0) is 24.5 Å². The molecule has 158 valence electrons. The number of aliphatic hydroxyl groups is 1. The molecule has 0 bridgehead atoms. The number of nitrogens with one attached hydrogen (secondary N) is 1. The molecule has 3 atom stereocenters. The van der Waals surface area contributed by atoms with Crippen molar-refractivity contribution in [3.63, 3.8) is 0 Å². The maximum atomic E-state index is 12.5. The summed E-state index contributed by atoms with van der Waals surface area (Å²) < 4.78 is 5.64. The molecule has 2 heterocycles. The summed E-state index contributed by atoms with van der Waals surface area (Å²) in [5.74, 6) is 1.68. The molecule has 29 heavy (non-hydrogen) atoms. The number of likely N-dealkylation sites (N-methyl/N-ethyl adjacent to an activating group) is 1. The maximum Gasteiger partial charge on any atom is 0.325 e. The van der Waals surface area contributed by atoms with Crippen LogP contribution in [0.2, 0.25) is 0 Å². The van der Waals surface area contributed by atoms with Crippen LogP contribution in [0.4, 0.5) is 4.79 Å². The molecule has 1 fully saturated rings. The average molecular weight is 421 g/mol. The highest BCUT2D eigenvalue weighted by Crippen LogP contribution is 2.29. The van der Waals surface area contributed by atoms with Gasteiger partial charge >= 0.3 is 6.03 Å². The Labute approximate surface area is 175 Å². The quantitative estimate of drug-likeness (QED) is 0.666. The van der Waals surface area contributed by atoms with Gasteiger partial charge in [0, 0.05) is 12.8 Å². The predicted octanol–water partition coefficient (Wildman–Crippen LogP) is 1.75. The number of carbonyl (C=O) groups excluding carboxylic acids is 2. The first-order valence-electron chi connectivity index (χ1n) is 9.77. The average Bonchev–Trinajstić information content (AvgIpc) is 3.04. The number of fused-ring (bicyclic) bond motifs is 1. The van der Waals surface area contributed by atoms with Gasteiger partial charge in [0.15, 0.2) is 17.4 Å². The second kappa shape index (κ2) is 9.49. The highest BCUT2D eigenvalue weighted by Gasteiger charge is 2.48. The number of aliphatic imine (C=N–C) groups is 1. The lowest BCUT2D eigenvalue weighted by Crippen LogP contribution is -2.64. The Morgan fingerprint density at radius 3 is 2.69 bits per heavy atom. The molecule has 1 saturated heterocycles. The van der Waals surface area contributed by atoms with E-state index in [4.69, 9.17) is 4.74 Å². The molecular formula is C20H28N4O4S. The van der Waals surface area contributed by atoms with Crippen molar-refractivity contribution in [1.82, 2.24) is 15.1 Å². The van der Waals surface area contributed by atoms with Crippen molar-refractivity contribution in [2.75, 3.05) is 26.0 Å². The summed E-state index contributed by atoms with van der Waals surface area (Å²) in [6, 6.07) is 8.16. The van der Waals surface area contributed by atoms with E-state index < -0.39 is 30.2 Å². The topological polar surface area (TPSA) is 94.5 Å². The fraction of sp³-hybridized carbons (Fsp3) is 0.550. The van der Waals surface area contributed by atoms with E-state index >= 15 is 0 Å². The van der Waals surface area contributed by atoms with Crippen LogP contribution < -0.4 is 10.1 Å². The molecule has 8 nitrogen and oxygen atoms in total. The van der Waals surface area contributed by atoms with Gasteiger partial charge in [0.2, 0.25) is 0 Å². The number of β-amino-alcohol motifs (C(OH)–C–C–N with tert-alkyl or cyclic N) is 1. The lowest BCUT2D eigenvalue weighted by atomic mass is 10.1. The van der Waals surface area contributed by atoms with Gasteiger partial charge in [0.1, 0.15) is 18.5 Å². The van der Waals surface area contributed by atoms with Gasteiger partial charge in [0.25, 0.3) is 5.91 Å². The van der Waals surface area contributed by atoms with Crippen molar-refractivity contribution in [3.05, 3.63) is 30.3 Å². The molecule has 0 aliphatic carbocycles. The molecule has 1 aromatic carbocycles. The van der Waals surface area contributed by atoms with Crippen LogP contribution in [0.1, 0.15) is 20.3 Å². The highest BCUT2D eigenvalue weighted by molar-refractivity contribution is 8.13. The standard InChI is InChI=1S/C20H28N4O4S/c1-13(2)9-10-29-20-21-17-16(18(26)22-19(27)23(17)3)24(20)11-14(25)12-28-15-7-5-4-6-8-15/h4-8,13-14,16-17,25H,9-12H2,1-3H3,(H,22,26,27). The molecule has 2 aliphatic heterocycles. The molecule has 3 amide bonds. The van der Waals surface area contributed by atoms with Crippen LogP contribution in [-0.2, 0) is 4.79 Å². The molecule has 0 aromatic heterocycles. The van der Waals surface area contributed by atoms with E-state index in [2.05, 4.69) is 24.2 Å². The molecule has 2 aliphatic rings. The molecule has 3 rings (SSSR count). The molecule has 0 radical (unpaired) electrons. The number of rotatable bonds is 8. The number of imide groups is 1. The number of ether oxygens (including phenoxy) is 1. The van der Waals surface area contributed by atoms with Crippen molar-refractivity contribution < 1.29 is 19.4 Å². The first-order valence-corrected chi connectivity index (χ1v) is 10.8. The first kappa shape index (κ1) is 21.4. The van der Waals surface area contributed by atoms with E-state index in [-0.39, 0.29) is 13.2 Å². The zero-order chi connectivity index (χ0) is 21.0. The molecule has 3 unspecified atom stereocenters. The summed E-state index contributed by atoms with van der Waals surface area (Å²) in [7, 11) is 1.62. The Balaban J connectivity index is 1.69. The number of amides is 3. The summed E-state index contributed by atoms with van der Waals surface area (Å²) in [6.07, 6.45) is -0.395. The van der Waals surface area contributed by atoms with Crippen molar-refractivity contribution in [3.8, 4) is 5.75 Å². The van der Waals surface area contributed by atoms with Gasteiger partial charge in [-0.25, -0.2) is 9.79 Å². The summed E-state index contributed by atoms with van der Waals surface area (Å²) in [5.41, 5.74) is 0. The SMILES string of the molecule is CC(C)CCSC1=NC2C(C(=O)NC(=O)N2C)N1CC(O)COc1ccccc1. The Hall–Kier alpha value is -2.26. The van der Waals surface area contributed by atoms with Crippen LogP contribution in [0, 0.1) is 5.92 Å². The zero-order valence-electron chi connectivity index (χ0n) is 16.9. The minimum atomic E-state index is -0.819. The number of nitrogens with zero attached hydrogens (tertiary/aromatic N) is 3. The second-order valence-electron chi connectivity index (χ2n) is 7.64. The number of benzene rings is 1. The van der Waals surface area contributed by atoms with E-state index in [1.54, 1.807) is 23.7 Å². The third-order valence-electron chi connectivity index (χ3n) is 4.84. The minimum absolute atomic E-state index is 0.0955. The summed E-state index contributed by atoms with van der Waals surface area (Å²) >= 11 is 1.55. The zero-order valence-corrected chi connectivity index (χ0v) is 17.8. The Bertz CT molecular complexity index is 758. The summed E-state index contributed by atoms with van der Waals surface area (Å²) in [6.45, 7) is 4.59. The largest absolute Gasteiger partial charge is 0.491 e. The third kappa shape index (κ3) is 5.22. The van der Waals surface area contributed by atoms with Gasteiger partial charge in [-0.1, -0.05) is 43.8 Å². The van der Waals surface area contributed by atoms with Crippen molar-refractivity contribution in [2.45, 2.75) is 38.6 Å². The van der Waals surface area contributed by atoms with Gasteiger partial charge < -0.3 is 19.6 Å². The molecule has 2 N–H and O–H groups in total. The predicted molar refractivity (Wildman–Crippen MR) is 113 cm³/mol. The Kier molecular flexibility index (Phi) is 7.02. The van der Waals surface area contributed by atoms with Crippen molar-refractivity contribution in [1.29, 1.82) is 0 Å². The van der Waals surface area contributed by atoms with E-state index in [0.717, 1.165) is 12.2 Å². The van der Waals surface area contributed by atoms with Gasteiger partial charge in [0.05, 0.1) is 6.54 Å². The monoisotopic (exact) mass is 420 g/mol. The van der Waals surface area contributed by atoms with E-state index in [1.165, 1.54) is 4.90 Å². The van der Waals surface area contributed by atoms with Crippen molar-refractivity contribution >= 4 is 28.9 Å². The van der Waals surface area contributed by atoms with Gasteiger partial charge in [-0.3, -0.25) is 10.1 Å². The molecular weight excluding hydrogens is 392 g/mol. The number of amidine groups is 1. The smallest absolute Gasteiger partial charge is 0.325 e. The Morgan fingerprint density at radius 1 is 1.28 bits per heavy atom. The van der Waals surface area contributed by atoms with Crippen LogP contribution in [0.3, 0.4) is 0 Å². The highest BCUT2D eigenvalue weighted by atomic mass is 32.2. The summed E-state index contributed by atoms with van der Waals surface area (Å²) in [4.78, 5) is 32.4. The lowest BCUT2D eigenvalue weighted by molar-refractivity contribution is -0.127. The second-order valence-corrected chi connectivity index (χ2v) is 8.70. The number of para-hydroxylation sites is 1. The van der Waals surface area contributed by atoms with Gasteiger partial charge in [-0.15, -0.1) is 0 Å². The van der Waals surface area contributed by atoms with E-state index in [0.29, 0.717) is 16.8 Å². The molecule has 9 heteroatoms. The van der Waals surface area contributed by atoms with Crippen LogP contribution >= 0.6 is 11.8 Å². The third-order valence-corrected chi connectivity index (χ3v) is 5.88. The van der Waals surface area contributed by atoms with E-state index in [1.807, 2.05) is 30.3 Å². The number of aliphatic hydroxyl groups excluding tert-OH is 1. The van der Waals surface area contributed by atoms with Crippen molar-refractivity contribution in [2.24, 2.45) is 10.9 Å². The normalized spacial score (nSPS) is 22.4. The molecule has 0 saturated carbocycles. The number of hydrogen-bond donors (Lipinski definition) is 2. The van der Waals surface area contributed by atoms with Gasteiger partial charge in [-0.2, -0.15) is 0 Å². The molecule has 1 aromatic rings. The van der Waals surface area contributed by atoms with E-state index in [9.17, 15) is 14.7 Å². The maximum absolute atomic E-state index is 12.5. The first-order chi connectivity index (χ1) is 13.9. The minimum Gasteiger partial charge on any atom is -0.491 e. The number of thioether (sulfide) groups is 1. The van der Waals surface area contributed by atoms with Crippen LogP contribution in [-0.4, -0.2) is 76.3 Å². The summed E-state index contributed by atoms with van der Waals surface area (Å²) in [5, 5.41) is 13.6. The van der Waals surface area contributed by atoms with Crippen LogP contribution in [0.25, 0.3) is 0 Å². The van der Waals surface area contributed by atoms with Crippen LogP contribution in [0.5, 0.6) is 5.75 Å². The lowest BCUT2D eigenvalue weighted by Gasteiger charge is -2.36. The Morgan fingerprint density at radius 2 is 2.00 bits per heavy atom.